The van der Waals surface area contributed by atoms with Crippen molar-refractivity contribution in [3.8, 4) is 6.07 Å². The summed E-state index contributed by atoms with van der Waals surface area (Å²) in [4.78, 5) is 0. The highest BCUT2D eigenvalue weighted by Crippen LogP contribution is 2.28. The smallest absolute Gasteiger partial charge is 0.170 e. The minimum absolute atomic E-state index is 0.108. The summed E-state index contributed by atoms with van der Waals surface area (Å²) in [7, 11) is 0. The largest absolute Gasteiger partial charge is 0.394 e. The number of hydrogen-bond donors (Lipinski definition) is 1. The maximum absolute atomic E-state index is 8.89. The second-order valence-electron chi connectivity index (χ2n) is 2.77. The first-order valence-corrected chi connectivity index (χ1v) is 5.43. The molecule has 1 N–H and O–H groups in total. The first-order chi connectivity index (χ1) is 7.19. The molecule has 5 heteroatoms. The Morgan fingerprint density at radius 1 is 1.60 bits per heavy atom. The summed E-state index contributed by atoms with van der Waals surface area (Å²) in [6, 6.07) is 7.11. The fourth-order valence-electron chi connectivity index (χ4n) is 1.08. The summed E-state index contributed by atoms with van der Waals surface area (Å²) >= 11 is 9.08. The molecule has 1 rings (SSSR count). The molecule has 0 aliphatic heterocycles. The van der Waals surface area contributed by atoms with Crippen LogP contribution in [0.25, 0.3) is 0 Å². The molecule has 80 valence electrons. The van der Waals surface area contributed by atoms with E-state index in [-0.39, 0.29) is 13.2 Å². The molecule has 15 heavy (non-hydrogen) atoms. The van der Waals surface area contributed by atoms with E-state index in [4.69, 9.17) is 26.7 Å². The quantitative estimate of drug-likeness (QED) is 0.927. The number of nitrogens with zero attached hydrogens (tertiary/aromatic N) is 1. The van der Waals surface area contributed by atoms with E-state index in [2.05, 4.69) is 15.9 Å². The number of aliphatic hydroxyl groups is 1. The lowest BCUT2D eigenvalue weighted by molar-refractivity contribution is 0.0578. The van der Waals surface area contributed by atoms with Crippen molar-refractivity contribution in [3.63, 3.8) is 0 Å². The lowest BCUT2D eigenvalue weighted by Crippen LogP contribution is -2.06. The molecule has 1 aromatic rings. The lowest BCUT2D eigenvalue weighted by Gasteiger charge is -2.11. The van der Waals surface area contributed by atoms with Gasteiger partial charge in [-0.2, -0.15) is 5.26 Å². The summed E-state index contributed by atoms with van der Waals surface area (Å²) in [5, 5.41) is 18.1. The predicted octanol–water partition coefficient (Wildman–Crippen LogP) is 2.68. The summed E-state index contributed by atoms with van der Waals surface area (Å²) in [6.45, 7) is 0.0245. The van der Waals surface area contributed by atoms with Crippen LogP contribution in [0.2, 0.25) is 5.02 Å². The Labute approximate surface area is 101 Å². The van der Waals surface area contributed by atoms with Gasteiger partial charge in [0.05, 0.1) is 19.3 Å². The molecule has 1 atom stereocenters. The van der Waals surface area contributed by atoms with Gasteiger partial charge in [-0.1, -0.05) is 33.6 Å². The number of hydrogen-bond acceptors (Lipinski definition) is 3. The third kappa shape index (κ3) is 3.47. The van der Waals surface area contributed by atoms with Crippen molar-refractivity contribution in [1.29, 1.82) is 5.26 Å². The lowest BCUT2D eigenvalue weighted by atomic mass is 10.1. The molecule has 0 bridgehead atoms. The Morgan fingerprint density at radius 3 is 2.87 bits per heavy atom. The number of halogens is 2. The van der Waals surface area contributed by atoms with Gasteiger partial charge in [0.15, 0.2) is 6.10 Å². The van der Waals surface area contributed by atoms with E-state index in [0.717, 1.165) is 4.47 Å². The molecule has 0 aliphatic rings. The zero-order valence-corrected chi connectivity index (χ0v) is 10.1. The summed E-state index contributed by atoms with van der Waals surface area (Å²) < 4.78 is 5.88. The molecule has 0 radical (unpaired) electrons. The van der Waals surface area contributed by atoms with Gasteiger partial charge in [-0.05, 0) is 12.1 Å². The average Bonchev–Trinajstić information content (AvgIpc) is 2.21. The van der Waals surface area contributed by atoms with Gasteiger partial charge in [-0.15, -0.1) is 0 Å². The van der Waals surface area contributed by atoms with Crippen molar-refractivity contribution in [1.82, 2.24) is 0 Å². The van der Waals surface area contributed by atoms with Crippen LogP contribution in [0.3, 0.4) is 0 Å². The normalized spacial score (nSPS) is 12.1. The molecule has 3 nitrogen and oxygen atoms in total. The highest BCUT2D eigenvalue weighted by molar-refractivity contribution is 9.10. The van der Waals surface area contributed by atoms with Gasteiger partial charge in [0.1, 0.15) is 0 Å². The van der Waals surface area contributed by atoms with Crippen LogP contribution in [-0.2, 0) is 4.74 Å². The van der Waals surface area contributed by atoms with E-state index < -0.39 is 6.10 Å². The number of benzene rings is 1. The van der Waals surface area contributed by atoms with Crippen LogP contribution in [0.4, 0.5) is 0 Å². The average molecular weight is 291 g/mol. The standard InChI is InChI=1S/C10H9BrClNO2/c11-9-5-7(12)1-2-8(9)10(6-13)15-4-3-14/h1-2,5,10,14H,3-4H2. The van der Waals surface area contributed by atoms with Crippen molar-refractivity contribution in [3.05, 3.63) is 33.3 Å². The Kier molecular flexibility index (Phi) is 5.06. The van der Waals surface area contributed by atoms with Crippen LogP contribution >= 0.6 is 27.5 Å². The van der Waals surface area contributed by atoms with Crippen LogP contribution in [0, 0.1) is 11.3 Å². The minimum Gasteiger partial charge on any atom is -0.394 e. The Morgan fingerprint density at radius 2 is 2.33 bits per heavy atom. The maximum atomic E-state index is 8.89. The van der Waals surface area contributed by atoms with Crippen molar-refractivity contribution in [2.24, 2.45) is 0 Å². The molecule has 1 aromatic carbocycles. The third-order valence-electron chi connectivity index (χ3n) is 1.74. The van der Waals surface area contributed by atoms with E-state index in [0.29, 0.717) is 10.6 Å². The topological polar surface area (TPSA) is 53.2 Å². The number of rotatable bonds is 4. The van der Waals surface area contributed by atoms with Gasteiger partial charge in [0, 0.05) is 15.1 Å². The van der Waals surface area contributed by atoms with Crippen molar-refractivity contribution >= 4 is 27.5 Å². The molecule has 0 amide bonds. The van der Waals surface area contributed by atoms with E-state index in [1.165, 1.54) is 0 Å². The zero-order valence-electron chi connectivity index (χ0n) is 7.78. The van der Waals surface area contributed by atoms with Crippen LogP contribution in [0.1, 0.15) is 11.7 Å². The molecule has 0 saturated heterocycles. The van der Waals surface area contributed by atoms with Crippen LogP contribution in [0.15, 0.2) is 22.7 Å². The number of nitriles is 1. The summed E-state index contributed by atoms with van der Waals surface area (Å²) in [5.74, 6) is 0. The van der Waals surface area contributed by atoms with E-state index in [1.54, 1.807) is 18.2 Å². The Bertz CT molecular complexity index is 378. The van der Waals surface area contributed by atoms with Gasteiger partial charge in [-0.25, -0.2) is 0 Å². The molecular weight excluding hydrogens is 281 g/mol. The number of aliphatic hydroxyl groups excluding tert-OH is 1. The van der Waals surface area contributed by atoms with Crippen molar-refractivity contribution < 1.29 is 9.84 Å². The van der Waals surface area contributed by atoms with Gasteiger partial charge in [-0.3, -0.25) is 0 Å². The SMILES string of the molecule is N#CC(OCCO)c1ccc(Cl)cc1Br. The molecule has 1 unspecified atom stereocenters. The van der Waals surface area contributed by atoms with Gasteiger partial charge >= 0.3 is 0 Å². The zero-order chi connectivity index (χ0) is 11.3. The highest BCUT2D eigenvalue weighted by Gasteiger charge is 2.14. The van der Waals surface area contributed by atoms with Gasteiger partial charge in [0.2, 0.25) is 0 Å². The highest BCUT2D eigenvalue weighted by atomic mass is 79.9. The van der Waals surface area contributed by atoms with Crippen LogP contribution in [-0.4, -0.2) is 18.3 Å². The monoisotopic (exact) mass is 289 g/mol. The first-order valence-electron chi connectivity index (χ1n) is 4.26. The second-order valence-corrected chi connectivity index (χ2v) is 4.06. The van der Waals surface area contributed by atoms with Crippen molar-refractivity contribution in [2.45, 2.75) is 6.10 Å². The fourth-order valence-corrected chi connectivity index (χ4v) is 1.97. The fraction of sp³-hybridized carbons (Fsp3) is 0.300. The minimum atomic E-state index is -0.691. The van der Waals surface area contributed by atoms with Gasteiger partial charge < -0.3 is 9.84 Å². The van der Waals surface area contributed by atoms with Gasteiger partial charge in [0.25, 0.3) is 0 Å². The van der Waals surface area contributed by atoms with E-state index in [1.807, 2.05) is 6.07 Å². The third-order valence-corrected chi connectivity index (χ3v) is 2.66. The molecule has 0 heterocycles. The molecule has 0 aliphatic carbocycles. The van der Waals surface area contributed by atoms with Crippen LogP contribution < -0.4 is 0 Å². The maximum Gasteiger partial charge on any atom is 0.170 e. The summed E-state index contributed by atoms with van der Waals surface area (Å²) in [5.41, 5.74) is 0.704. The molecule has 0 saturated carbocycles. The van der Waals surface area contributed by atoms with Crippen LogP contribution in [0.5, 0.6) is 0 Å². The Hall–Kier alpha value is -0.600. The summed E-state index contributed by atoms with van der Waals surface area (Å²) in [6.07, 6.45) is -0.691. The first kappa shape index (κ1) is 12.5. The molecule has 0 spiro atoms. The van der Waals surface area contributed by atoms with E-state index in [9.17, 15) is 0 Å². The molecular formula is C10H9BrClNO2. The van der Waals surface area contributed by atoms with E-state index >= 15 is 0 Å². The van der Waals surface area contributed by atoms with Crippen molar-refractivity contribution in [2.75, 3.05) is 13.2 Å². The molecule has 0 fully saturated rings. The second kappa shape index (κ2) is 6.09. The molecule has 0 aromatic heterocycles. The number of ether oxygens (including phenoxy) is 1. The predicted molar refractivity (Wildman–Crippen MR) is 60.5 cm³/mol. The Balaban J connectivity index is 2.88.